The van der Waals surface area contributed by atoms with Crippen LogP contribution in [0.3, 0.4) is 0 Å². The van der Waals surface area contributed by atoms with Gasteiger partial charge in [-0.1, -0.05) is 63.4 Å². The predicted molar refractivity (Wildman–Crippen MR) is 71.4 cm³/mol. The maximum Gasteiger partial charge on any atom is 0.0474 e. The second kappa shape index (κ2) is 5.65. The first-order chi connectivity index (χ1) is 5.80. The highest BCUT2D eigenvalue weighted by molar-refractivity contribution is 14.1. The number of hydrogen-bond acceptors (Lipinski definition) is 0. The average Bonchev–Trinajstić information content (AvgIpc) is 2.16. The van der Waals surface area contributed by atoms with Gasteiger partial charge in [-0.2, -0.15) is 0 Å². The molecule has 0 unspecified atom stereocenters. The summed E-state index contributed by atoms with van der Waals surface area (Å²) >= 11 is 10.5. The van der Waals surface area contributed by atoms with Crippen LogP contribution in [0.15, 0.2) is 18.2 Å². The molecule has 0 spiro atoms. The van der Waals surface area contributed by atoms with E-state index in [1.54, 1.807) is 0 Å². The Hall–Kier alpha value is 0.970. The molecule has 0 nitrogen and oxygen atoms in total. The van der Waals surface area contributed by atoms with Gasteiger partial charge in [-0.3, -0.25) is 0 Å². The molecule has 3 heteroatoms. The van der Waals surface area contributed by atoms with Gasteiger partial charge in [-0.15, -0.1) is 11.6 Å². The third kappa shape index (κ3) is 3.03. The Labute approximate surface area is 105 Å². The van der Waals surface area contributed by atoms with Crippen molar-refractivity contribution in [1.29, 1.82) is 0 Å². The van der Waals surface area contributed by atoms with Gasteiger partial charge < -0.3 is 0 Å². The number of rotatable bonds is 3. The second-order valence-electron chi connectivity index (χ2n) is 2.56. The first-order valence-corrected chi connectivity index (χ1v) is 7.18. The fraction of sp³-hybridized carbons (Fsp3) is 0.333. The lowest BCUT2D eigenvalue weighted by molar-refractivity contribution is 1.29. The van der Waals surface area contributed by atoms with E-state index in [2.05, 4.69) is 63.4 Å². The molecule has 0 aliphatic rings. The monoisotopic (exact) mass is 406 g/mol. The van der Waals surface area contributed by atoms with Crippen LogP contribution >= 0.6 is 56.8 Å². The van der Waals surface area contributed by atoms with Crippen LogP contribution in [0.25, 0.3) is 0 Å². The maximum atomic E-state index is 5.78. The molecule has 0 saturated carbocycles. The molecular formula is C9H9ClI2. The molecule has 12 heavy (non-hydrogen) atoms. The quantitative estimate of drug-likeness (QED) is 0.519. The van der Waals surface area contributed by atoms with Crippen LogP contribution in [0.4, 0.5) is 0 Å². The van der Waals surface area contributed by atoms with Gasteiger partial charge in [0.1, 0.15) is 0 Å². The summed E-state index contributed by atoms with van der Waals surface area (Å²) in [7, 11) is 0. The Morgan fingerprint density at radius 3 is 1.67 bits per heavy atom. The number of benzene rings is 1. The zero-order chi connectivity index (χ0) is 8.97. The lowest BCUT2D eigenvalue weighted by Gasteiger charge is -2.03. The molecule has 66 valence electrons. The molecule has 0 bridgehead atoms. The molecule has 0 N–H and O–H groups in total. The van der Waals surface area contributed by atoms with Crippen LogP contribution in [0.1, 0.15) is 16.7 Å². The summed E-state index contributed by atoms with van der Waals surface area (Å²) in [6.45, 7) is 0. The van der Waals surface area contributed by atoms with Crippen molar-refractivity contribution in [1.82, 2.24) is 0 Å². The van der Waals surface area contributed by atoms with E-state index < -0.39 is 0 Å². The van der Waals surface area contributed by atoms with E-state index in [9.17, 15) is 0 Å². The highest BCUT2D eigenvalue weighted by Gasteiger charge is 1.98. The predicted octanol–water partition coefficient (Wildman–Crippen LogP) is 4.30. The van der Waals surface area contributed by atoms with Crippen molar-refractivity contribution < 1.29 is 0 Å². The Morgan fingerprint density at radius 1 is 0.917 bits per heavy atom. The molecule has 0 fully saturated rings. The molecule has 0 aromatic heterocycles. The number of alkyl halides is 3. The van der Waals surface area contributed by atoms with Crippen LogP contribution in [-0.2, 0) is 14.7 Å². The normalized spacial score (nSPS) is 10.2. The molecule has 1 aromatic carbocycles. The molecule has 1 rings (SSSR count). The summed E-state index contributed by atoms with van der Waals surface area (Å²) in [5.74, 6) is 0.619. The van der Waals surface area contributed by atoms with Gasteiger partial charge in [-0.25, -0.2) is 0 Å². The first kappa shape index (κ1) is 11.0. The number of halogens is 3. The van der Waals surface area contributed by atoms with Gasteiger partial charge in [0, 0.05) is 14.7 Å². The van der Waals surface area contributed by atoms with E-state index in [4.69, 9.17) is 11.6 Å². The van der Waals surface area contributed by atoms with Crippen molar-refractivity contribution in [3.63, 3.8) is 0 Å². The van der Waals surface area contributed by atoms with E-state index >= 15 is 0 Å². The van der Waals surface area contributed by atoms with Crippen molar-refractivity contribution in [3.8, 4) is 0 Å². The van der Waals surface area contributed by atoms with E-state index in [-0.39, 0.29) is 0 Å². The van der Waals surface area contributed by atoms with Gasteiger partial charge >= 0.3 is 0 Å². The fourth-order valence-corrected chi connectivity index (χ4v) is 2.11. The van der Waals surface area contributed by atoms with Crippen molar-refractivity contribution >= 4 is 56.8 Å². The van der Waals surface area contributed by atoms with Crippen LogP contribution in [0.2, 0.25) is 0 Å². The lowest BCUT2D eigenvalue weighted by Crippen LogP contribution is -1.87. The molecule has 1 aromatic rings. The van der Waals surface area contributed by atoms with Crippen LogP contribution in [-0.4, -0.2) is 0 Å². The Morgan fingerprint density at radius 2 is 1.33 bits per heavy atom. The minimum Gasteiger partial charge on any atom is -0.122 e. The van der Waals surface area contributed by atoms with Crippen LogP contribution in [0.5, 0.6) is 0 Å². The van der Waals surface area contributed by atoms with E-state index in [0.717, 1.165) is 8.86 Å². The molecule has 0 radical (unpaired) electrons. The largest absolute Gasteiger partial charge is 0.122 e. The minimum atomic E-state index is 0.619. The van der Waals surface area contributed by atoms with Gasteiger partial charge in [-0.05, 0) is 16.7 Å². The zero-order valence-corrected chi connectivity index (χ0v) is 11.6. The maximum absolute atomic E-state index is 5.78. The standard InChI is InChI=1S/C9H9ClI2/c10-4-7-1-8(5-11)3-9(2-7)6-12/h1-3H,4-6H2. The molecule has 0 saturated heterocycles. The van der Waals surface area contributed by atoms with Crippen molar-refractivity contribution in [2.24, 2.45) is 0 Å². The molecule has 0 aliphatic heterocycles. The third-order valence-electron chi connectivity index (χ3n) is 1.58. The van der Waals surface area contributed by atoms with Crippen LogP contribution in [0, 0.1) is 0 Å². The summed E-state index contributed by atoms with van der Waals surface area (Å²) in [6.07, 6.45) is 0. The van der Waals surface area contributed by atoms with Crippen molar-refractivity contribution in [2.45, 2.75) is 14.7 Å². The summed E-state index contributed by atoms with van der Waals surface area (Å²) in [6, 6.07) is 6.60. The fourth-order valence-electron chi connectivity index (χ4n) is 1.07. The minimum absolute atomic E-state index is 0.619. The van der Waals surface area contributed by atoms with E-state index in [1.165, 1.54) is 16.7 Å². The third-order valence-corrected chi connectivity index (χ3v) is 3.65. The van der Waals surface area contributed by atoms with E-state index in [0.29, 0.717) is 5.88 Å². The average molecular weight is 406 g/mol. The highest BCUT2D eigenvalue weighted by Crippen LogP contribution is 2.17. The topological polar surface area (TPSA) is 0 Å². The summed E-state index contributed by atoms with van der Waals surface area (Å²) < 4.78 is 2.12. The highest BCUT2D eigenvalue weighted by atomic mass is 127. The van der Waals surface area contributed by atoms with Gasteiger partial charge in [0.05, 0.1) is 0 Å². The van der Waals surface area contributed by atoms with Gasteiger partial charge in [0.15, 0.2) is 0 Å². The molecule has 0 atom stereocenters. The zero-order valence-electron chi connectivity index (χ0n) is 6.49. The SMILES string of the molecule is ClCc1cc(CI)cc(CI)c1. The van der Waals surface area contributed by atoms with E-state index in [1.807, 2.05) is 0 Å². The summed E-state index contributed by atoms with van der Waals surface area (Å²) in [4.78, 5) is 0. The molecule has 0 aliphatic carbocycles. The Bertz CT molecular complexity index is 205. The van der Waals surface area contributed by atoms with Gasteiger partial charge in [0.2, 0.25) is 0 Å². The van der Waals surface area contributed by atoms with Crippen molar-refractivity contribution in [2.75, 3.05) is 0 Å². The second-order valence-corrected chi connectivity index (χ2v) is 4.35. The molecule has 0 heterocycles. The number of hydrogen-bond donors (Lipinski definition) is 0. The molecule has 0 amide bonds. The smallest absolute Gasteiger partial charge is 0.0474 e. The molecular weight excluding hydrogens is 397 g/mol. The van der Waals surface area contributed by atoms with Gasteiger partial charge in [0.25, 0.3) is 0 Å². The lowest BCUT2D eigenvalue weighted by atomic mass is 10.1. The Balaban J connectivity index is 3.01. The summed E-state index contributed by atoms with van der Waals surface area (Å²) in [5, 5.41) is 0. The first-order valence-electron chi connectivity index (χ1n) is 3.59. The van der Waals surface area contributed by atoms with Crippen LogP contribution < -0.4 is 0 Å². The Kier molecular flexibility index (Phi) is 5.20. The van der Waals surface area contributed by atoms with Crippen molar-refractivity contribution in [3.05, 3.63) is 34.9 Å². The summed E-state index contributed by atoms with van der Waals surface area (Å²) in [5.41, 5.74) is 3.98.